The van der Waals surface area contributed by atoms with E-state index in [9.17, 15) is 0 Å². The third-order valence-corrected chi connectivity index (χ3v) is 18.7. The number of para-hydroxylation sites is 3. The summed E-state index contributed by atoms with van der Waals surface area (Å²) in [6, 6.07) is 106. The molecule has 0 N–H and O–H groups in total. The van der Waals surface area contributed by atoms with Crippen LogP contribution in [0.15, 0.2) is 279 Å². The zero-order chi connectivity index (χ0) is 52.2. The van der Waals surface area contributed by atoms with E-state index in [0.29, 0.717) is 0 Å². The predicted molar refractivity (Wildman–Crippen MR) is 327 cm³/mol. The lowest BCUT2D eigenvalue weighted by molar-refractivity contribution is 0.660. The van der Waals surface area contributed by atoms with Crippen LogP contribution in [-0.2, 0) is 16.2 Å². The molecule has 2 heteroatoms. The summed E-state index contributed by atoms with van der Waals surface area (Å²) in [5.74, 6) is 0. The summed E-state index contributed by atoms with van der Waals surface area (Å²) in [5.41, 5.74) is 29.2. The number of anilines is 3. The molecule has 2 heterocycles. The van der Waals surface area contributed by atoms with Gasteiger partial charge in [-0.05, 0) is 155 Å². The van der Waals surface area contributed by atoms with Gasteiger partial charge in [0.2, 0.25) is 0 Å². The van der Waals surface area contributed by atoms with Crippen molar-refractivity contribution >= 4 is 38.9 Å². The molecule has 13 aromatic rings. The summed E-state index contributed by atoms with van der Waals surface area (Å²) >= 11 is 0. The molecule has 0 amide bonds. The molecule has 2 nitrogen and oxygen atoms in total. The number of aromatic nitrogens is 1. The van der Waals surface area contributed by atoms with Crippen LogP contribution in [-0.4, -0.2) is 4.57 Å². The Labute approximate surface area is 460 Å². The second-order valence-electron chi connectivity index (χ2n) is 22.7. The molecular formula is C77H52N2. The molecule has 0 saturated heterocycles. The van der Waals surface area contributed by atoms with Crippen LogP contribution in [0.1, 0.15) is 69.5 Å². The van der Waals surface area contributed by atoms with Crippen LogP contribution in [0.4, 0.5) is 17.1 Å². The van der Waals surface area contributed by atoms with Gasteiger partial charge >= 0.3 is 0 Å². The van der Waals surface area contributed by atoms with Crippen molar-refractivity contribution in [3.05, 3.63) is 335 Å². The maximum Gasteiger partial charge on any atom is 0.0754 e. The molecule has 79 heavy (non-hydrogen) atoms. The van der Waals surface area contributed by atoms with Crippen molar-refractivity contribution in [2.75, 3.05) is 4.90 Å². The summed E-state index contributed by atoms with van der Waals surface area (Å²) in [6.07, 6.45) is 0. The average molecular weight is 1010 g/mol. The van der Waals surface area contributed by atoms with E-state index in [1.54, 1.807) is 0 Å². The van der Waals surface area contributed by atoms with Gasteiger partial charge in [-0.25, -0.2) is 0 Å². The molecule has 17 rings (SSSR count). The first-order valence-corrected chi connectivity index (χ1v) is 27.8. The SMILES string of the molecule is CC1(C)c2ccccc2-c2ccc(N(c3ccc(-c4ccc5c(c4)C4(c6ccccc6-5)c5ccccc5-n5c6ccccc6c6cccc4c65)cc3)c3ccc4c(c3)C(c3ccccc3)(c3ccccc3)c3ccccc3-4)cc21. The fraction of sp³-hybridized carbons (Fsp3) is 0.0649. The first kappa shape index (κ1) is 44.4. The minimum absolute atomic E-state index is 0.168. The molecule has 1 unspecified atom stereocenters. The number of rotatable bonds is 6. The van der Waals surface area contributed by atoms with Gasteiger partial charge in [-0.15, -0.1) is 0 Å². The van der Waals surface area contributed by atoms with Gasteiger partial charge in [-0.3, -0.25) is 0 Å². The van der Waals surface area contributed by atoms with Gasteiger partial charge in [0.25, 0.3) is 0 Å². The molecule has 1 atom stereocenters. The minimum Gasteiger partial charge on any atom is -0.310 e. The largest absolute Gasteiger partial charge is 0.310 e. The van der Waals surface area contributed by atoms with E-state index in [-0.39, 0.29) is 5.41 Å². The maximum atomic E-state index is 2.53. The first-order valence-electron chi connectivity index (χ1n) is 27.8. The van der Waals surface area contributed by atoms with Gasteiger partial charge < -0.3 is 9.47 Å². The topological polar surface area (TPSA) is 8.17 Å². The Morgan fingerprint density at radius 1 is 0.291 bits per heavy atom. The van der Waals surface area contributed by atoms with Crippen molar-refractivity contribution in [3.63, 3.8) is 0 Å². The highest BCUT2D eigenvalue weighted by Crippen LogP contribution is 2.62. The molecule has 0 radical (unpaired) electrons. The highest BCUT2D eigenvalue weighted by atomic mass is 15.1. The van der Waals surface area contributed by atoms with Gasteiger partial charge in [0, 0.05) is 33.2 Å². The quantitative estimate of drug-likeness (QED) is 0.161. The number of benzene rings is 12. The predicted octanol–water partition coefficient (Wildman–Crippen LogP) is 19.3. The van der Waals surface area contributed by atoms with Gasteiger partial charge in [-0.1, -0.05) is 238 Å². The van der Waals surface area contributed by atoms with Gasteiger partial charge in [0.1, 0.15) is 0 Å². The van der Waals surface area contributed by atoms with Crippen LogP contribution in [0, 0.1) is 0 Å². The summed E-state index contributed by atoms with van der Waals surface area (Å²) in [4.78, 5) is 2.50. The zero-order valence-corrected chi connectivity index (χ0v) is 44.0. The lowest BCUT2D eigenvalue weighted by atomic mass is 9.65. The van der Waals surface area contributed by atoms with Crippen LogP contribution < -0.4 is 4.90 Å². The van der Waals surface area contributed by atoms with E-state index < -0.39 is 10.8 Å². The first-order chi connectivity index (χ1) is 39.0. The number of hydrogen-bond donors (Lipinski definition) is 0. The molecule has 1 aromatic heterocycles. The second kappa shape index (κ2) is 16.1. The van der Waals surface area contributed by atoms with E-state index in [1.165, 1.54) is 128 Å². The van der Waals surface area contributed by atoms with Crippen molar-refractivity contribution in [2.24, 2.45) is 0 Å². The molecule has 0 fully saturated rings. The number of hydrogen-bond acceptors (Lipinski definition) is 1. The van der Waals surface area contributed by atoms with Crippen molar-refractivity contribution in [1.82, 2.24) is 4.57 Å². The number of fused-ring (bicyclic) bond motifs is 18. The lowest BCUT2D eigenvalue weighted by Gasteiger charge is -2.39. The van der Waals surface area contributed by atoms with Crippen molar-refractivity contribution < 1.29 is 0 Å². The molecule has 12 aromatic carbocycles. The molecule has 4 aliphatic rings. The Hall–Kier alpha value is -9.76. The Kier molecular flexibility index (Phi) is 9.07. The van der Waals surface area contributed by atoms with Crippen molar-refractivity contribution in [3.8, 4) is 50.2 Å². The highest BCUT2D eigenvalue weighted by Gasteiger charge is 2.51. The average Bonchev–Trinajstić information content (AvgIpc) is 4.12. The Bertz CT molecular complexity index is 4650. The Balaban J connectivity index is 0.858. The van der Waals surface area contributed by atoms with Gasteiger partial charge in [0.15, 0.2) is 0 Å². The molecule has 3 aliphatic carbocycles. The van der Waals surface area contributed by atoms with E-state index in [2.05, 4.69) is 302 Å². The Morgan fingerprint density at radius 2 is 0.747 bits per heavy atom. The van der Waals surface area contributed by atoms with E-state index >= 15 is 0 Å². The van der Waals surface area contributed by atoms with E-state index in [1.807, 2.05) is 0 Å². The van der Waals surface area contributed by atoms with Crippen molar-refractivity contribution in [2.45, 2.75) is 30.1 Å². The molecule has 1 spiro atoms. The van der Waals surface area contributed by atoms with Crippen LogP contribution in [0.2, 0.25) is 0 Å². The lowest BCUT2D eigenvalue weighted by Crippen LogP contribution is -2.33. The zero-order valence-electron chi connectivity index (χ0n) is 44.0. The molecule has 1 aliphatic heterocycles. The molecule has 0 saturated carbocycles. The van der Waals surface area contributed by atoms with Gasteiger partial charge in [0.05, 0.1) is 27.6 Å². The standard InChI is InChI=1S/C77H52N2/c1-75(2)64-29-13-9-24-56(64)59-44-41-54(47-69(59)75)78(55-42-45-61-57-25-10-14-30-65(57)76(71(61)48-55,51-20-5-3-6-21-51)52-22-7-4-8-23-52)53-39-36-49(37-40-53)50-38-43-60-58-26-11-15-31-66(58)77(70(60)46-50)67-32-16-18-35-73(67)79-72-34-17-12-27-62(72)63-28-19-33-68(77)74(63)79/h3-48H,1-2H3. The monoisotopic (exact) mass is 1000 g/mol. The molecule has 370 valence electrons. The normalized spacial score (nSPS) is 16.0. The summed E-state index contributed by atoms with van der Waals surface area (Å²) in [7, 11) is 0. The fourth-order valence-corrected chi connectivity index (χ4v) is 15.4. The van der Waals surface area contributed by atoms with Crippen molar-refractivity contribution in [1.29, 1.82) is 0 Å². The molecular weight excluding hydrogens is 953 g/mol. The smallest absolute Gasteiger partial charge is 0.0754 e. The van der Waals surface area contributed by atoms with Gasteiger partial charge in [-0.2, -0.15) is 0 Å². The summed E-state index contributed by atoms with van der Waals surface area (Å²) in [6.45, 7) is 4.76. The Morgan fingerprint density at radius 3 is 1.43 bits per heavy atom. The van der Waals surface area contributed by atoms with E-state index in [4.69, 9.17) is 0 Å². The summed E-state index contributed by atoms with van der Waals surface area (Å²) < 4.78 is 2.53. The van der Waals surface area contributed by atoms with Crippen LogP contribution in [0.25, 0.3) is 72.0 Å². The summed E-state index contributed by atoms with van der Waals surface area (Å²) in [5, 5.41) is 2.57. The van der Waals surface area contributed by atoms with Crippen LogP contribution in [0.3, 0.4) is 0 Å². The van der Waals surface area contributed by atoms with Crippen LogP contribution >= 0.6 is 0 Å². The molecule has 0 bridgehead atoms. The second-order valence-corrected chi connectivity index (χ2v) is 22.7. The maximum absolute atomic E-state index is 2.53. The third kappa shape index (κ3) is 5.75. The minimum atomic E-state index is -0.535. The number of nitrogens with zero attached hydrogens (tertiary/aromatic N) is 2. The van der Waals surface area contributed by atoms with E-state index in [0.717, 1.165) is 17.1 Å². The third-order valence-electron chi connectivity index (χ3n) is 18.7. The van der Waals surface area contributed by atoms with Crippen LogP contribution in [0.5, 0.6) is 0 Å². The fourth-order valence-electron chi connectivity index (χ4n) is 15.4. The highest BCUT2D eigenvalue weighted by molar-refractivity contribution is 6.13.